The number of H-pyrrole nitrogens is 1. The number of carbonyl (C=O) groups excluding carboxylic acids is 1. The average Bonchev–Trinajstić information content (AvgIpc) is 2.88. The number of hydrazone groups is 1. The molecule has 0 radical (unpaired) electrons. The number of amides is 1. The molecule has 0 spiro atoms. The second-order valence-electron chi connectivity index (χ2n) is 7.30. The van der Waals surface area contributed by atoms with E-state index < -0.39 is 27.4 Å². The first-order valence-corrected chi connectivity index (χ1v) is 10.1. The molecule has 0 fully saturated rings. The van der Waals surface area contributed by atoms with E-state index in [2.05, 4.69) is 25.5 Å². The van der Waals surface area contributed by atoms with Crippen LogP contribution in [0.15, 0.2) is 76.9 Å². The standard InChI is InChI=1S/C22H15N7O7/c30-20(12-1-3-14(4-2-12)28(33)34)18(26-27-21(31)13-7-9-23-10-8-13)19-22(32)25-17-11-15(29(35)36)5-6-16(17)24-19/h1-11,20,30H,(H,25,32)(H,27,31)/b26-18-/t20-/m1/s1. The molecule has 1 amide bonds. The molecule has 0 aliphatic heterocycles. The van der Waals surface area contributed by atoms with Gasteiger partial charge >= 0.3 is 0 Å². The first-order chi connectivity index (χ1) is 17.2. The van der Waals surface area contributed by atoms with E-state index in [0.29, 0.717) is 0 Å². The summed E-state index contributed by atoms with van der Waals surface area (Å²) in [6.45, 7) is 0. The summed E-state index contributed by atoms with van der Waals surface area (Å²) < 4.78 is 0. The number of rotatable bonds is 7. The number of nitrogens with zero attached hydrogens (tertiary/aromatic N) is 5. The molecule has 2 heterocycles. The van der Waals surface area contributed by atoms with Gasteiger partial charge in [0.1, 0.15) is 11.8 Å². The lowest BCUT2D eigenvalue weighted by molar-refractivity contribution is -0.385. The molecule has 1 atom stereocenters. The number of nitrogens with one attached hydrogen (secondary N) is 2. The van der Waals surface area contributed by atoms with Crippen molar-refractivity contribution in [2.75, 3.05) is 0 Å². The Bertz CT molecular complexity index is 1570. The highest BCUT2D eigenvalue weighted by molar-refractivity contribution is 6.04. The molecule has 2 aromatic carbocycles. The van der Waals surface area contributed by atoms with Gasteiger partial charge in [-0.05, 0) is 35.9 Å². The quantitative estimate of drug-likeness (QED) is 0.197. The Labute approximate surface area is 200 Å². The number of nitro groups is 2. The van der Waals surface area contributed by atoms with Gasteiger partial charge in [-0.15, -0.1) is 0 Å². The van der Waals surface area contributed by atoms with Crippen LogP contribution in [0.3, 0.4) is 0 Å². The van der Waals surface area contributed by atoms with Crippen molar-refractivity contribution < 1.29 is 19.7 Å². The van der Waals surface area contributed by atoms with Crippen LogP contribution in [0.25, 0.3) is 11.0 Å². The Hall–Kier alpha value is -5.37. The molecular weight excluding hydrogens is 474 g/mol. The van der Waals surface area contributed by atoms with Gasteiger partial charge in [-0.2, -0.15) is 5.10 Å². The number of aliphatic hydroxyl groups excluding tert-OH is 1. The van der Waals surface area contributed by atoms with Gasteiger partial charge in [-0.3, -0.25) is 34.8 Å². The zero-order valence-electron chi connectivity index (χ0n) is 18.1. The van der Waals surface area contributed by atoms with Crippen molar-refractivity contribution >= 4 is 34.0 Å². The Kier molecular flexibility index (Phi) is 6.51. The molecule has 0 saturated carbocycles. The van der Waals surface area contributed by atoms with Crippen molar-refractivity contribution in [3.63, 3.8) is 0 Å². The molecule has 14 nitrogen and oxygen atoms in total. The van der Waals surface area contributed by atoms with Crippen molar-refractivity contribution in [3.05, 3.63) is 114 Å². The minimum absolute atomic E-state index is 0.0722. The smallest absolute Gasteiger partial charge is 0.276 e. The van der Waals surface area contributed by atoms with Gasteiger partial charge in [-0.25, -0.2) is 10.4 Å². The number of aromatic amines is 1. The first-order valence-electron chi connectivity index (χ1n) is 10.1. The number of nitro benzene ring substituents is 2. The van der Waals surface area contributed by atoms with E-state index in [9.17, 15) is 34.9 Å². The number of aromatic nitrogens is 3. The Balaban J connectivity index is 1.80. The van der Waals surface area contributed by atoms with Crippen molar-refractivity contribution in [2.24, 2.45) is 5.10 Å². The fourth-order valence-electron chi connectivity index (χ4n) is 3.22. The topological polar surface area (TPSA) is 207 Å². The third-order valence-corrected chi connectivity index (χ3v) is 5.03. The normalized spacial score (nSPS) is 12.2. The lowest BCUT2D eigenvalue weighted by Crippen LogP contribution is -2.29. The van der Waals surface area contributed by atoms with Crippen LogP contribution in [0.4, 0.5) is 11.4 Å². The molecule has 14 heteroatoms. The number of hydrogen-bond donors (Lipinski definition) is 3. The summed E-state index contributed by atoms with van der Waals surface area (Å²) in [5.74, 6) is -0.668. The molecule has 180 valence electrons. The van der Waals surface area contributed by atoms with Crippen LogP contribution < -0.4 is 11.0 Å². The molecule has 0 aliphatic rings. The van der Waals surface area contributed by atoms with E-state index in [4.69, 9.17) is 0 Å². The van der Waals surface area contributed by atoms with Crippen LogP contribution in [0.5, 0.6) is 0 Å². The Morgan fingerprint density at radius 1 is 1.00 bits per heavy atom. The maximum atomic E-state index is 12.9. The number of carbonyl (C=O) groups is 1. The predicted octanol–water partition coefficient (Wildman–Crippen LogP) is 2.00. The maximum absolute atomic E-state index is 12.9. The second-order valence-corrected chi connectivity index (χ2v) is 7.30. The van der Waals surface area contributed by atoms with Gasteiger partial charge in [0.2, 0.25) is 0 Å². The van der Waals surface area contributed by atoms with Gasteiger partial charge in [0.25, 0.3) is 22.8 Å². The van der Waals surface area contributed by atoms with E-state index in [0.717, 1.165) is 18.2 Å². The summed E-state index contributed by atoms with van der Waals surface area (Å²) in [7, 11) is 0. The van der Waals surface area contributed by atoms with Crippen LogP contribution in [0.2, 0.25) is 0 Å². The molecule has 0 aliphatic carbocycles. The van der Waals surface area contributed by atoms with E-state index in [1.807, 2.05) is 0 Å². The molecule has 0 bridgehead atoms. The van der Waals surface area contributed by atoms with Crippen LogP contribution in [0.1, 0.15) is 27.7 Å². The van der Waals surface area contributed by atoms with Gasteiger partial charge in [0.15, 0.2) is 5.69 Å². The summed E-state index contributed by atoms with van der Waals surface area (Å²) >= 11 is 0. The van der Waals surface area contributed by atoms with Gasteiger partial charge in [0.05, 0.1) is 20.9 Å². The summed E-state index contributed by atoms with van der Waals surface area (Å²) in [5, 5.41) is 36.9. The minimum atomic E-state index is -1.63. The molecule has 4 aromatic rings. The monoisotopic (exact) mass is 489 g/mol. The largest absolute Gasteiger partial charge is 0.382 e. The number of benzene rings is 2. The van der Waals surface area contributed by atoms with Crippen molar-refractivity contribution in [2.45, 2.75) is 6.10 Å². The minimum Gasteiger partial charge on any atom is -0.382 e. The first kappa shape index (κ1) is 23.8. The average molecular weight is 489 g/mol. The molecule has 4 rings (SSSR count). The number of fused-ring (bicyclic) bond motifs is 1. The zero-order valence-corrected chi connectivity index (χ0v) is 18.1. The molecule has 36 heavy (non-hydrogen) atoms. The Morgan fingerprint density at radius 3 is 2.28 bits per heavy atom. The summed E-state index contributed by atoms with van der Waals surface area (Å²) in [6, 6.07) is 11.3. The highest BCUT2D eigenvalue weighted by Crippen LogP contribution is 2.22. The fourth-order valence-corrected chi connectivity index (χ4v) is 3.22. The number of hydrogen-bond acceptors (Lipinski definition) is 10. The molecule has 0 unspecified atom stereocenters. The SMILES string of the molecule is O=C(N/N=C(/c1nc2ccc([N+](=O)[O-])cc2[nH]c1=O)[C@H](O)c1ccc([N+](=O)[O-])cc1)c1ccncc1. The van der Waals surface area contributed by atoms with E-state index in [1.54, 1.807) is 0 Å². The maximum Gasteiger partial charge on any atom is 0.276 e. The van der Waals surface area contributed by atoms with Crippen LogP contribution in [-0.4, -0.2) is 41.5 Å². The van der Waals surface area contributed by atoms with Gasteiger partial charge in [0, 0.05) is 42.2 Å². The lowest BCUT2D eigenvalue weighted by atomic mass is 10.0. The van der Waals surface area contributed by atoms with E-state index >= 15 is 0 Å². The lowest BCUT2D eigenvalue weighted by Gasteiger charge is -2.14. The van der Waals surface area contributed by atoms with Crippen LogP contribution >= 0.6 is 0 Å². The molecular formula is C22H15N7O7. The number of non-ortho nitro benzene ring substituents is 2. The highest BCUT2D eigenvalue weighted by atomic mass is 16.6. The zero-order chi connectivity index (χ0) is 25.8. The highest BCUT2D eigenvalue weighted by Gasteiger charge is 2.24. The third kappa shape index (κ3) is 4.92. The fraction of sp³-hybridized carbons (Fsp3) is 0.0455. The second kappa shape index (κ2) is 9.86. The van der Waals surface area contributed by atoms with Crippen molar-refractivity contribution in [3.8, 4) is 0 Å². The van der Waals surface area contributed by atoms with Gasteiger partial charge in [-0.1, -0.05) is 0 Å². The molecule has 0 saturated heterocycles. The molecule has 2 aromatic heterocycles. The van der Waals surface area contributed by atoms with Crippen molar-refractivity contribution in [1.29, 1.82) is 0 Å². The van der Waals surface area contributed by atoms with E-state index in [1.165, 1.54) is 48.8 Å². The summed E-state index contributed by atoms with van der Waals surface area (Å²) in [6.07, 6.45) is 1.15. The van der Waals surface area contributed by atoms with Crippen LogP contribution in [0, 0.1) is 20.2 Å². The molecule has 3 N–H and O–H groups in total. The number of pyridine rings is 1. The van der Waals surface area contributed by atoms with Crippen LogP contribution in [-0.2, 0) is 0 Å². The van der Waals surface area contributed by atoms with Crippen molar-refractivity contribution in [1.82, 2.24) is 20.4 Å². The third-order valence-electron chi connectivity index (χ3n) is 5.03. The predicted molar refractivity (Wildman–Crippen MR) is 125 cm³/mol. The number of aliphatic hydroxyl groups is 1. The van der Waals surface area contributed by atoms with E-state index in [-0.39, 0.29) is 44.9 Å². The Morgan fingerprint density at radius 2 is 1.64 bits per heavy atom. The summed E-state index contributed by atoms with van der Waals surface area (Å²) in [5.41, 5.74) is 0.718. The summed E-state index contributed by atoms with van der Waals surface area (Å²) in [4.78, 5) is 56.6. The van der Waals surface area contributed by atoms with Gasteiger partial charge < -0.3 is 10.1 Å².